The number of likely N-dealkylation sites (N-methyl/N-ethyl adjacent to an activating group) is 1. The molecule has 0 aliphatic carbocycles. The summed E-state index contributed by atoms with van der Waals surface area (Å²) in [4.78, 5) is 0. The van der Waals surface area contributed by atoms with E-state index in [2.05, 4.69) is 12.0 Å². The van der Waals surface area contributed by atoms with Crippen molar-refractivity contribution in [2.24, 2.45) is 0 Å². The molecule has 2 heteroatoms. The zero-order chi connectivity index (χ0) is 6.15. The summed E-state index contributed by atoms with van der Waals surface area (Å²) in [5.41, 5.74) is 5.23. The molecule has 0 saturated heterocycles. The van der Waals surface area contributed by atoms with Crippen LogP contribution in [0.25, 0.3) is 0 Å². The van der Waals surface area contributed by atoms with E-state index < -0.39 is 0 Å². The van der Waals surface area contributed by atoms with Gasteiger partial charge >= 0.3 is 0 Å². The first-order chi connectivity index (χ1) is 3.70. The predicted molar refractivity (Wildman–Crippen MR) is 33.8 cm³/mol. The molecule has 1 heterocycles. The van der Waals surface area contributed by atoms with Gasteiger partial charge in [0.25, 0.3) is 0 Å². The molecule has 2 nitrogen and oxygen atoms in total. The predicted octanol–water partition coefficient (Wildman–Crippen LogP) is 0.854. The molecule has 44 valence electrons. The molecule has 0 aromatic rings. The number of allylic oxidation sites excluding steroid dienone is 2. The fraction of sp³-hybridized carbons (Fsp3) is 0.333. The van der Waals surface area contributed by atoms with Crippen molar-refractivity contribution in [3.63, 3.8) is 0 Å². The highest BCUT2D eigenvalue weighted by Gasteiger charge is 2.05. The lowest BCUT2D eigenvalue weighted by Gasteiger charge is -2.12. The van der Waals surface area contributed by atoms with Crippen LogP contribution in [0.2, 0.25) is 0 Å². The molecule has 1 rings (SSSR count). The van der Waals surface area contributed by atoms with E-state index in [1.165, 1.54) is 0 Å². The average molecular weight is 110 g/mol. The van der Waals surface area contributed by atoms with Crippen LogP contribution in [-0.4, -0.2) is 12.1 Å². The van der Waals surface area contributed by atoms with Crippen molar-refractivity contribution in [3.05, 3.63) is 24.0 Å². The topological polar surface area (TPSA) is 15.3 Å². The molecule has 0 bridgehead atoms. The van der Waals surface area contributed by atoms with E-state index in [0.29, 0.717) is 0 Å². The normalized spacial score (nSPS) is 18.5. The Morgan fingerprint density at radius 2 is 2.38 bits per heavy atom. The van der Waals surface area contributed by atoms with Gasteiger partial charge in [0.05, 0.1) is 5.70 Å². The summed E-state index contributed by atoms with van der Waals surface area (Å²) in [6.07, 6.45) is 2.00. The molecule has 0 fully saturated rings. The maximum atomic E-state index is 3.77. The van der Waals surface area contributed by atoms with Crippen molar-refractivity contribution < 1.29 is 0 Å². The molecule has 0 aromatic heterocycles. The molecule has 8 heavy (non-hydrogen) atoms. The summed E-state index contributed by atoms with van der Waals surface area (Å²) in [5.74, 6) is 0. The second-order valence-corrected chi connectivity index (χ2v) is 1.99. The summed E-state index contributed by atoms with van der Waals surface area (Å²) in [6, 6.07) is 0. The maximum absolute atomic E-state index is 3.77. The van der Waals surface area contributed by atoms with Crippen LogP contribution in [0.5, 0.6) is 0 Å². The van der Waals surface area contributed by atoms with Crippen molar-refractivity contribution in [2.75, 3.05) is 7.05 Å². The molecule has 0 aromatic carbocycles. The Labute approximate surface area is 49.5 Å². The van der Waals surface area contributed by atoms with Gasteiger partial charge in [0, 0.05) is 12.7 Å². The number of nitrogens with zero attached hydrogens (tertiary/aromatic N) is 1. The Balaban J connectivity index is 2.70. The Bertz CT molecular complexity index is 147. The van der Waals surface area contributed by atoms with E-state index in [9.17, 15) is 0 Å². The van der Waals surface area contributed by atoms with Gasteiger partial charge in [-0.2, -0.15) is 0 Å². The molecule has 0 unspecified atom stereocenters. The molecule has 0 spiro atoms. The number of hydrogen-bond donors (Lipinski definition) is 1. The fourth-order valence-electron chi connectivity index (χ4n) is 0.715. The van der Waals surface area contributed by atoms with Crippen LogP contribution in [0.3, 0.4) is 0 Å². The third-order valence-electron chi connectivity index (χ3n) is 1.16. The minimum absolute atomic E-state index is 1.02. The van der Waals surface area contributed by atoms with Crippen LogP contribution in [0.1, 0.15) is 6.92 Å². The highest BCUT2D eigenvalue weighted by Crippen LogP contribution is 2.08. The van der Waals surface area contributed by atoms with Crippen LogP contribution in [-0.2, 0) is 0 Å². The molecule has 0 radical (unpaired) electrons. The minimum Gasteiger partial charge on any atom is -0.303 e. The van der Waals surface area contributed by atoms with Crippen LogP contribution < -0.4 is 5.43 Å². The van der Waals surface area contributed by atoms with E-state index >= 15 is 0 Å². The number of hydrazine groups is 1. The van der Waals surface area contributed by atoms with E-state index in [0.717, 1.165) is 11.4 Å². The third kappa shape index (κ3) is 0.689. The number of rotatable bonds is 0. The van der Waals surface area contributed by atoms with Crippen LogP contribution in [0.4, 0.5) is 0 Å². The van der Waals surface area contributed by atoms with Crippen molar-refractivity contribution in [1.29, 1.82) is 0 Å². The fourth-order valence-corrected chi connectivity index (χ4v) is 0.715. The Morgan fingerprint density at radius 3 is 2.50 bits per heavy atom. The summed E-state index contributed by atoms with van der Waals surface area (Å²) >= 11 is 0. The lowest BCUT2D eigenvalue weighted by atomic mass is 10.4. The van der Waals surface area contributed by atoms with Crippen molar-refractivity contribution in [3.8, 4) is 0 Å². The van der Waals surface area contributed by atoms with E-state index in [-0.39, 0.29) is 0 Å². The minimum atomic E-state index is 1.02. The first kappa shape index (κ1) is 5.22. The summed E-state index contributed by atoms with van der Waals surface area (Å²) < 4.78 is 0. The van der Waals surface area contributed by atoms with Gasteiger partial charge < -0.3 is 5.43 Å². The van der Waals surface area contributed by atoms with Gasteiger partial charge in [-0.15, -0.1) is 0 Å². The van der Waals surface area contributed by atoms with Crippen molar-refractivity contribution >= 4 is 0 Å². The molecule has 0 saturated carbocycles. The monoisotopic (exact) mass is 110 g/mol. The zero-order valence-electron chi connectivity index (χ0n) is 5.23. The van der Waals surface area contributed by atoms with Gasteiger partial charge in [0.15, 0.2) is 0 Å². The third-order valence-corrected chi connectivity index (χ3v) is 1.16. The Kier molecular flexibility index (Phi) is 1.01. The van der Waals surface area contributed by atoms with E-state index in [1.54, 1.807) is 0 Å². The molecule has 0 amide bonds. The average Bonchev–Trinajstić information content (AvgIpc) is 1.85. The van der Waals surface area contributed by atoms with Crippen molar-refractivity contribution in [2.45, 2.75) is 6.92 Å². The molecule has 1 aliphatic rings. The number of hydrogen-bond acceptors (Lipinski definition) is 2. The molecular weight excluding hydrogens is 100 g/mol. The van der Waals surface area contributed by atoms with Gasteiger partial charge in [0.1, 0.15) is 0 Å². The first-order valence-electron chi connectivity index (χ1n) is 2.58. The highest BCUT2D eigenvalue weighted by molar-refractivity contribution is 5.22. The summed E-state index contributed by atoms with van der Waals surface area (Å²) in [7, 11) is 1.94. The second kappa shape index (κ2) is 1.54. The summed E-state index contributed by atoms with van der Waals surface area (Å²) in [6.45, 7) is 5.78. The lowest BCUT2D eigenvalue weighted by Crippen LogP contribution is -2.24. The number of nitrogens with one attached hydrogen (secondary N) is 1. The zero-order valence-corrected chi connectivity index (χ0v) is 5.23. The van der Waals surface area contributed by atoms with Gasteiger partial charge in [-0.3, -0.25) is 5.01 Å². The summed E-state index contributed by atoms with van der Waals surface area (Å²) in [5, 5.41) is 1.88. The maximum Gasteiger partial charge on any atom is 0.0514 e. The standard InChI is InChI=1S/C6H10N2/c1-5-4-6(2)8(3)7-5/h4,7H,2H2,1,3H3. The van der Waals surface area contributed by atoms with Gasteiger partial charge in [0.2, 0.25) is 0 Å². The Morgan fingerprint density at radius 1 is 1.75 bits per heavy atom. The van der Waals surface area contributed by atoms with E-state index in [4.69, 9.17) is 0 Å². The smallest absolute Gasteiger partial charge is 0.0514 e. The van der Waals surface area contributed by atoms with E-state index in [1.807, 2.05) is 25.1 Å². The molecular formula is C6H10N2. The van der Waals surface area contributed by atoms with Gasteiger partial charge in [-0.25, -0.2) is 0 Å². The lowest BCUT2D eigenvalue weighted by molar-refractivity contribution is 0.374. The van der Waals surface area contributed by atoms with Crippen LogP contribution >= 0.6 is 0 Å². The van der Waals surface area contributed by atoms with Gasteiger partial charge in [-0.05, 0) is 13.0 Å². The molecule has 1 N–H and O–H groups in total. The second-order valence-electron chi connectivity index (χ2n) is 1.99. The van der Waals surface area contributed by atoms with Gasteiger partial charge in [-0.1, -0.05) is 6.58 Å². The quantitative estimate of drug-likeness (QED) is 0.497. The molecule has 1 aliphatic heterocycles. The highest BCUT2D eigenvalue weighted by atomic mass is 15.5. The first-order valence-corrected chi connectivity index (χ1v) is 2.58. The van der Waals surface area contributed by atoms with Crippen LogP contribution in [0, 0.1) is 0 Å². The molecule has 0 atom stereocenters. The Hall–Kier alpha value is -0.920. The largest absolute Gasteiger partial charge is 0.303 e. The van der Waals surface area contributed by atoms with Crippen LogP contribution in [0.15, 0.2) is 24.0 Å². The van der Waals surface area contributed by atoms with Crippen molar-refractivity contribution in [1.82, 2.24) is 10.4 Å². The SMILES string of the molecule is C=C1C=C(C)NN1C.